The van der Waals surface area contributed by atoms with Crippen molar-refractivity contribution in [3.63, 3.8) is 0 Å². The van der Waals surface area contributed by atoms with Crippen LogP contribution in [0.4, 0.5) is 5.69 Å². The molecule has 1 N–H and O–H groups in total. The Bertz CT molecular complexity index is 776. The zero-order valence-corrected chi connectivity index (χ0v) is 15.7. The van der Waals surface area contributed by atoms with Crippen molar-refractivity contribution in [3.8, 4) is 5.75 Å². The van der Waals surface area contributed by atoms with Crippen LogP contribution in [0.25, 0.3) is 0 Å². The fourth-order valence-electron chi connectivity index (χ4n) is 2.32. The smallest absolute Gasteiger partial charge is 0.344 e. The molecule has 0 fully saturated rings. The van der Waals surface area contributed by atoms with Crippen molar-refractivity contribution >= 4 is 29.2 Å². The van der Waals surface area contributed by atoms with Crippen LogP contribution in [0.15, 0.2) is 48.5 Å². The number of benzene rings is 2. The van der Waals surface area contributed by atoms with Crippen LogP contribution in [0.2, 0.25) is 5.02 Å². The van der Waals surface area contributed by atoms with E-state index in [1.54, 1.807) is 30.3 Å². The molecule has 0 unspecified atom stereocenters. The predicted octanol–water partition coefficient (Wildman–Crippen LogP) is 4.41. The number of hydrogen-bond acceptors (Lipinski definition) is 4. The molecule has 0 spiro atoms. The first kappa shape index (κ1) is 19.8. The molecule has 2 aromatic carbocycles. The molecule has 5 nitrogen and oxygen atoms in total. The maximum Gasteiger partial charge on any atom is 0.344 e. The maximum atomic E-state index is 12.1. The standard InChI is InChI=1S/C20H22ClNO4/c1-13(2)17-9-4-5-10-18(17)25-12-19(23)26-14(3)20(24)22-16-8-6-7-15(21)11-16/h4-11,13-14H,12H2,1-3H3,(H,22,24)/t14-/m0/s1. The molecule has 138 valence electrons. The van der Waals surface area contributed by atoms with E-state index in [9.17, 15) is 9.59 Å². The molecule has 0 aliphatic heterocycles. The molecule has 2 aromatic rings. The Balaban J connectivity index is 1.86. The summed E-state index contributed by atoms with van der Waals surface area (Å²) in [4.78, 5) is 24.1. The van der Waals surface area contributed by atoms with Crippen molar-refractivity contribution in [2.75, 3.05) is 11.9 Å². The van der Waals surface area contributed by atoms with E-state index in [1.165, 1.54) is 6.92 Å². The Hall–Kier alpha value is -2.53. The molecule has 2 rings (SSSR count). The Labute approximate surface area is 158 Å². The van der Waals surface area contributed by atoms with Gasteiger partial charge in [-0.05, 0) is 42.7 Å². The third kappa shape index (κ3) is 5.77. The third-order valence-corrected chi connectivity index (χ3v) is 3.89. The average molecular weight is 376 g/mol. The molecule has 0 bridgehead atoms. The van der Waals surface area contributed by atoms with Crippen LogP contribution in [0, 0.1) is 0 Å². The second-order valence-electron chi connectivity index (χ2n) is 6.11. The molecule has 6 heteroatoms. The highest BCUT2D eigenvalue weighted by atomic mass is 35.5. The first-order valence-electron chi connectivity index (χ1n) is 8.34. The number of anilines is 1. The van der Waals surface area contributed by atoms with Gasteiger partial charge in [-0.25, -0.2) is 4.79 Å². The minimum atomic E-state index is -0.953. The van der Waals surface area contributed by atoms with Crippen molar-refractivity contribution in [2.24, 2.45) is 0 Å². The lowest BCUT2D eigenvalue weighted by atomic mass is 10.0. The lowest BCUT2D eigenvalue weighted by Crippen LogP contribution is -2.31. The SMILES string of the molecule is CC(C)c1ccccc1OCC(=O)O[C@@H](C)C(=O)Nc1cccc(Cl)c1. The number of para-hydroxylation sites is 1. The molecule has 1 amide bonds. The van der Waals surface area contributed by atoms with Gasteiger partial charge in [0.05, 0.1) is 0 Å². The highest BCUT2D eigenvalue weighted by Crippen LogP contribution is 2.25. The van der Waals surface area contributed by atoms with Gasteiger partial charge in [0.15, 0.2) is 12.7 Å². The van der Waals surface area contributed by atoms with Gasteiger partial charge in [-0.3, -0.25) is 4.79 Å². The van der Waals surface area contributed by atoms with Gasteiger partial charge >= 0.3 is 5.97 Å². The molecule has 0 saturated carbocycles. The number of ether oxygens (including phenoxy) is 2. The molecular formula is C20H22ClNO4. The predicted molar refractivity (Wildman–Crippen MR) is 102 cm³/mol. The highest BCUT2D eigenvalue weighted by molar-refractivity contribution is 6.30. The Morgan fingerprint density at radius 1 is 1.08 bits per heavy atom. The number of carbonyl (C=O) groups is 2. The molecular weight excluding hydrogens is 354 g/mol. The van der Waals surface area contributed by atoms with Crippen molar-refractivity contribution in [3.05, 3.63) is 59.1 Å². The van der Waals surface area contributed by atoms with Crippen LogP contribution < -0.4 is 10.1 Å². The van der Waals surface area contributed by atoms with Crippen LogP contribution in [0.1, 0.15) is 32.3 Å². The van der Waals surface area contributed by atoms with Crippen LogP contribution in [0.5, 0.6) is 5.75 Å². The summed E-state index contributed by atoms with van der Waals surface area (Å²) in [6.45, 7) is 5.32. The number of hydrogen-bond donors (Lipinski definition) is 1. The number of amides is 1. The lowest BCUT2D eigenvalue weighted by Gasteiger charge is -2.16. The van der Waals surface area contributed by atoms with E-state index in [2.05, 4.69) is 5.32 Å². The topological polar surface area (TPSA) is 64.6 Å². The monoisotopic (exact) mass is 375 g/mol. The first-order valence-corrected chi connectivity index (χ1v) is 8.72. The summed E-state index contributed by atoms with van der Waals surface area (Å²) in [6, 6.07) is 14.2. The van der Waals surface area contributed by atoms with E-state index in [0.717, 1.165) is 5.56 Å². The zero-order valence-electron chi connectivity index (χ0n) is 15.0. The van der Waals surface area contributed by atoms with Gasteiger partial charge in [-0.1, -0.05) is 49.7 Å². The molecule has 0 radical (unpaired) electrons. The summed E-state index contributed by atoms with van der Waals surface area (Å²) >= 11 is 5.87. The van der Waals surface area contributed by atoms with Gasteiger partial charge in [0, 0.05) is 10.7 Å². The molecule has 0 aliphatic carbocycles. The fourth-order valence-corrected chi connectivity index (χ4v) is 2.51. The number of esters is 1. The molecule has 0 aliphatic rings. The number of halogens is 1. The van der Waals surface area contributed by atoms with Gasteiger partial charge in [0.2, 0.25) is 0 Å². The summed E-state index contributed by atoms with van der Waals surface area (Å²) in [5, 5.41) is 3.15. The Morgan fingerprint density at radius 3 is 2.50 bits per heavy atom. The molecule has 1 atom stereocenters. The second-order valence-corrected chi connectivity index (χ2v) is 6.55. The maximum absolute atomic E-state index is 12.1. The van der Waals surface area contributed by atoms with Crippen molar-refractivity contribution in [2.45, 2.75) is 32.8 Å². The first-order chi connectivity index (χ1) is 12.4. The van der Waals surface area contributed by atoms with Crippen LogP contribution in [-0.2, 0) is 14.3 Å². The Morgan fingerprint density at radius 2 is 1.81 bits per heavy atom. The molecule has 0 heterocycles. The van der Waals surface area contributed by atoms with Gasteiger partial charge in [-0.2, -0.15) is 0 Å². The normalized spacial score (nSPS) is 11.7. The molecule has 0 aromatic heterocycles. The van der Waals surface area contributed by atoms with Gasteiger partial charge in [0.1, 0.15) is 5.75 Å². The van der Waals surface area contributed by atoms with Crippen LogP contribution in [0.3, 0.4) is 0 Å². The van der Waals surface area contributed by atoms with Gasteiger partial charge in [0.25, 0.3) is 5.91 Å². The van der Waals surface area contributed by atoms with Crippen molar-refractivity contribution in [1.82, 2.24) is 0 Å². The van der Waals surface area contributed by atoms with E-state index in [-0.39, 0.29) is 12.5 Å². The summed E-state index contributed by atoms with van der Waals surface area (Å²) in [7, 11) is 0. The molecule has 0 saturated heterocycles. The van der Waals surface area contributed by atoms with E-state index in [4.69, 9.17) is 21.1 Å². The van der Waals surface area contributed by atoms with Crippen molar-refractivity contribution < 1.29 is 19.1 Å². The fraction of sp³-hybridized carbons (Fsp3) is 0.300. The molecule has 26 heavy (non-hydrogen) atoms. The number of carbonyl (C=O) groups excluding carboxylic acids is 2. The van der Waals surface area contributed by atoms with Crippen LogP contribution in [-0.4, -0.2) is 24.6 Å². The van der Waals surface area contributed by atoms with E-state index < -0.39 is 18.0 Å². The van der Waals surface area contributed by atoms with Crippen LogP contribution >= 0.6 is 11.6 Å². The zero-order chi connectivity index (χ0) is 19.1. The van der Waals surface area contributed by atoms with E-state index in [0.29, 0.717) is 16.5 Å². The van der Waals surface area contributed by atoms with E-state index >= 15 is 0 Å². The number of rotatable bonds is 7. The third-order valence-electron chi connectivity index (χ3n) is 3.66. The minimum Gasteiger partial charge on any atom is -0.482 e. The second kappa shape index (κ2) is 9.25. The lowest BCUT2D eigenvalue weighted by molar-refractivity contribution is -0.155. The minimum absolute atomic E-state index is 0.265. The van der Waals surface area contributed by atoms with Gasteiger partial charge < -0.3 is 14.8 Å². The quantitative estimate of drug-likeness (QED) is 0.728. The van der Waals surface area contributed by atoms with Crippen molar-refractivity contribution in [1.29, 1.82) is 0 Å². The summed E-state index contributed by atoms with van der Waals surface area (Å²) in [6.07, 6.45) is -0.953. The summed E-state index contributed by atoms with van der Waals surface area (Å²) in [5.74, 6) is -0.152. The number of nitrogens with one attached hydrogen (secondary N) is 1. The van der Waals surface area contributed by atoms with Gasteiger partial charge in [-0.15, -0.1) is 0 Å². The summed E-state index contributed by atoms with van der Waals surface area (Å²) < 4.78 is 10.7. The highest BCUT2D eigenvalue weighted by Gasteiger charge is 2.19. The largest absolute Gasteiger partial charge is 0.482 e. The Kier molecular flexibility index (Phi) is 7.04. The van der Waals surface area contributed by atoms with E-state index in [1.807, 2.05) is 32.0 Å². The average Bonchev–Trinajstić information content (AvgIpc) is 2.60. The summed E-state index contributed by atoms with van der Waals surface area (Å²) in [5.41, 5.74) is 1.54.